The largest absolute Gasteiger partial charge is 0.449 e. The summed E-state index contributed by atoms with van der Waals surface area (Å²) >= 11 is 11.9. The smallest absolute Gasteiger partial charge is 0.293 e. The average Bonchev–Trinajstić information content (AvgIpc) is 3.13. The van der Waals surface area contributed by atoms with E-state index >= 15 is 0 Å². The van der Waals surface area contributed by atoms with E-state index in [-0.39, 0.29) is 22.2 Å². The Morgan fingerprint density at radius 2 is 1.67 bits per heavy atom. The SMILES string of the molecule is CS(=O)(=O)c1ncc(Cl)c(C(=O)Nc2c(C(=O)Nc3ccc(Cl)cc3)oc3ccccc23)n1. The lowest BCUT2D eigenvalue weighted by molar-refractivity contribution is 0.0999. The molecule has 4 aromatic rings. The Bertz CT molecular complexity index is 1500. The number of para-hydroxylation sites is 1. The summed E-state index contributed by atoms with van der Waals surface area (Å²) in [5.74, 6) is -1.65. The number of furan rings is 1. The summed E-state index contributed by atoms with van der Waals surface area (Å²) in [5.41, 5.74) is 0.498. The van der Waals surface area contributed by atoms with Crippen molar-refractivity contribution in [2.45, 2.75) is 5.16 Å². The molecule has 0 spiro atoms. The van der Waals surface area contributed by atoms with Crippen molar-refractivity contribution in [2.75, 3.05) is 16.9 Å². The number of anilines is 2. The highest BCUT2D eigenvalue weighted by atomic mass is 35.5. The van der Waals surface area contributed by atoms with Crippen LogP contribution in [0.5, 0.6) is 0 Å². The van der Waals surface area contributed by atoms with E-state index in [0.29, 0.717) is 21.7 Å². The van der Waals surface area contributed by atoms with Crippen LogP contribution < -0.4 is 10.6 Å². The first kappa shape index (κ1) is 22.7. The number of halogens is 2. The van der Waals surface area contributed by atoms with Crippen LogP contribution in [0.1, 0.15) is 21.0 Å². The lowest BCUT2D eigenvalue weighted by atomic mass is 10.2. The van der Waals surface area contributed by atoms with Crippen LogP contribution in [0, 0.1) is 0 Å². The van der Waals surface area contributed by atoms with Gasteiger partial charge in [-0.3, -0.25) is 9.59 Å². The van der Waals surface area contributed by atoms with Gasteiger partial charge in [-0.2, -0.15) is 0 Å². The number of carbonyl (C=O) groups excluding carboxylic acids is 2. The van der Waals surface area contributed by atoms with Crippen LogP contribution in [-0.4, -0.2) is 36.5 Å². The molecule has 33 heavy (non-hydrogen) atoms. The summed E-state index contributed by atoms with van der Waals surface area (Å²) in [4.78, 5) is 33.3. The van der Waals surface area contributed by atoms with Gasteiger partial charge in [0.15, 0.2) is 5.69 Å². The number of hydrogen-bond donors (Lipinski definition) is 2. The Kier molecular flexibility index (Phi) is 6.07. The Morgan fingerprint density at radius 1 is 0.970 bits per heavy atom. The normalized spacial score (nSPS) is 11.4. The van der Waals surface area contributed by atoms with Crippen molar-refractivity contribution in [2.24, 2.45) is 0 Å². The number of amides is 2. The van der Waals surface area contributed by atoms with Crippen LogP contribution in [0.25, 0.3) is 11.0 Å². The van der Waals surface area contributed by atoms with E-state index in [1.165, 1.54) is 0 Å². The minimum atomic E-state index is -3.78. The summed E-state index contributed by atoms with van der Waals surface area (Å²) in [6.45, 7) is 0. The molecule has 0 fully saturated rings. The van der Waals surface area contributed by atoms with Gasteiger partial charge < -0.3 is 15.1 Å². The fourth-order valence-corrected chi connectivity index (χ4v) is 3.72. The molecule has 168 valence electrons. The second-order valence-electron chi connectivity index (χ2n) is 6.84. The molecule has 0 aliphatic heterocycles. The van der Waals surface area contributed by atoms with Gasteiger partial charge in [-0.05, 0) is 36.4 Å². The predicted octanol–water partition coefficient (Wildman–Crippen LogP) is 4.44. The van der Waals surface area contributed by atoms with Crippen molar-refractivity contribution >= 4 is 67.2 Å². The van der Waals surface area contributed by atoms with Crippen LogP contribution in [0.15, 0.2) is 64.3 Å². The molecule has 0 aliphatic rings. The molecule has 0 aliphatic carbocycles. The zero-order valence-corrected chi connectivity index (χ0v) is 19.1. The predicted molar refractivity (Wildman–Crippen MR) is 124 cm³/mol. The van der Waals surface area contributed by atoms with Crippen molar-refractivity contribution < 1.29 is 22.4 Å². The second kappa shape index (κ2) is 8.81. The standard InChI is InChI=1S/C21H14Cl2N4O5S/c1-33(30,31)21-24-10-14(23)17(27-21)19(28)26-16-13-4-2-3-5-15(13)32-18(16)20(29)25-12-8-6-11(22)7-9-12/h2-10H,1H3,(H,25,29)(H,26,28). The van der Waals surface area contributed by atoms with Crippen molar-refractivity contribution in [3.63, 3.8) is 0 Å². The van der Waals surface area contributed by atoms with E-state index in [2.05, 4.69) is 20.6 Å². The molecular formula is C21H14Cl2N4O5S. The molecule has 0 saturated carbocycles. The Hall–Kier alpha value is -3.47. The third-order valence-electron chi connectivity index (χ3n) is 4.41. The van der Waals surface area contributed by atoms with Gasteiger partial charge in [0.1, 0.15) is 11.3 Å². The molecule has 2 amide bonds. The first-order valence-corrected chi connectivity index (χ1v) is 11.9. The van der Waals surface area contributed by atoms with E-state index in [1.807, 2.05) is 0 Å². The Balaban J connectivity index is 1.72. The molecule has 9 nitrogen and oxygen atoms in total. The first-order valence-electron chi connectivity index (χ1n) is 9.26. The van der Waals surface area contributed by atoms with Crippen LogP contribution in [0.3, 0.4) is 0 Å². The summed E-state index contributed by atoms with van der Waals surface area (Å²) in [7, 11) is -3.78. The maximum atomic E-state index is 13.0. The van der Waals surface area contributed by atoms with E-state index in [1.54, 1.807) is 48.5 Å². The number of aromatic nitrogens is 2. The molecule has 0 atom stereocenters. The van der Waals surface area contributed by atoms with E-state index in [4.69, 9.17) is 27.6 Å². The maximum absolute atomic E-state index is 13.0. The Labute approximate surface area is 197 Å². The number of benzene rings is 2. The third kappa shape index (κ3) is 4.82. The van der Waals surface area contributed by atoms with Crippen molar-refractivity contribution in [3.05, 3.63) is 76.2 Å². The highest BCUT2D eigenvalue weighted by Crippen LogP contribution is 2.32. The van der Waals surface area contributed by atoms with Gasteiger partial charge in [-0.25, -0.2) is 18.4 Å². The summed E-state index contributed by atoms with van der Waals surface area (Å²) in [6, 6.07) is 13.1. The first-order chi connectivity index (χ1) is 15.6. The number of hydrogen-bond acceptors (Lipinski definition) is 7. The topological polar surface area (TPSA) is 131 Å². The van der Waals surface area contributed by atoms with Gasteiger partial charge in [0.2, 0.25) is 20.8 Å². The van der Waals surface area contributed by atoms with E-state index < -0.39 is 26.8 Å². The lowest BCUT2D eigenvalue weighted by Gasteiger charge is -2.08. The third-order valence-corrected chi connectivity index (χ3v) is 5.80. The van der Waals surface area contributed by atoms with Crippen LogP contribution in [0.2, 0.25) is 10.0 Å². The maximum Gasteiger partial charge on any atom is 0.293 e. The fourth-order valence-electron chi connectivity index (χ4n) is 2.91. The van der Waals surface area contributed by atoms with E-state index in [9.17, 15) is 18.0 Å². The summed E-state index contributed by atoms with van der Waals surface area (Å²) in [6.07, 6.45) is 1.92. The fraction of sp³-hybridized carbons (Fsp3) is 0.0476. The highest BCUT2D eigenvalue weighted by molar-refractivity contribution is 7.90. The number of sulfone groups is 1. The molecule has 2 aromatic heterocycles. The molecule has 12 heteroatoms. The minimum Gasteiger partial charge on any atom is -0.449 e. The number of carbonyl (C=O) groups is 2. The average molecular weight is 505 g/mol. The minimum absolute atomic E-state index is 0.0673. The zero-order chi connectivity index (χ0) is 23.8. The molecule has 4 rings (SSSR count). The van der Waals surface area contributed by atoms with Crippen molar-refractivity contribution in [3.8, 4) is 0 Å². The van der Waals surface area contributed by atoms with Gasteiger partial charge in [-0.1, -0.05) is 35.3 Å². The molecule has 0 radical (unpaired) electrons. The zero-order valence-electron chi connectivity index (χ0n) is 16.8. The number of rotatable bonds is 5. The lowest BCUT2D eigenvalue weighted by Crippen LogP contribution is -2.19. The van der Waals surface area contributed by atoms with Gasteiger partial charge >= 0.3 is 0 Å². The molecule has 2 aromatic carbocycles. The monoisotopic (exact) mass is 504 g/mol. The molecule has 2 heterocycles. The number of nitrogens with zero attached hydrogens (tertiary/aromatic N) is 2. The number of fused-ring (bicyclic) bond motifs is 1. The van der Waals surface area contributed by atoms with Gasteiger partial charge in [-0.15, -0.1) is 0 Å². The van der Waals surface area contributed by atoms with Gasteiger partial charge in [0, 0.05) is 22.4 Å². The quantitative estimate of drug-likeness (QED) is 0.384. The second-order valence-corrected chi connectivity index (χ2v) is 9.59. The molecule has 0 bridgehead atoms. The summed E-state index contributed by atoms with van der Waals surface area (Å²) < 4.78 is 29.2. The summed E-state index contributed by atoms with van der Waals surface area (Å²) in [5, 5.41) is 5.45. The molecule has 0 saturated heterocycles. The van der Waals surface area contributed by atoms with Gasteiger partial charge in [0.25, 0.3) is 11.8 Å². The van der Waals surface area contributed by atoms with Crippen molar-refractivity contribution in [1.82, 2.24) is 9.97 Å². The number of nitrogens with one attached hydrogen (secondary N) is 2. The van der Waals surface area contributed by atoms with Crippen LogP contribution in [0.4, 0.5) is 11.4 Å². The van der Waals surface area contributed by atoms with Crippen LogP contribution >= 0.6 is 23.2 Å². The van der Waals surface area contributed by atoms with Gasteiger partial charge in [0.05, 0.1) is 11.2 Å². The van der Waals surface area contributed by atoms with E-state index in [0.717, 1.165) is 12.5 Å². The molecule has 2 N–H and O–H groups in total. The highest BCUT2D eigenvalue weighted by Gasteiger charge is 2.25. The Morgan fingerprint density at radius 3 is 2.36 bits per heavy atom. The molecule has 0 unspecified atom stereocenters. The van der Waals surface area contributed by atoms with Crippen molar-refractivity contribution in [1.29, 1.82) is 0 Å². The van der Waals surface area contributed by atoms with Crippen LogP contribution in [-0.2, 0) is 9.84 Å². The molecular weight excluding hydrogens is 491 g/mol.